The summed E-state index contributed by atoms with van der Waals surface area (Å²) in [6.45, 7) is 12.0. The smallest absolute Gasteiger partial charge is 0.399 e. The highest BCUT2D eigenvalue weighted by Gasteiger charge is 2.58. The summed E-state index contributed by atoms with van der Waals surface area (Å²) in [5.74, 6) is 0.0468. The van der Waals surface area contributed by atoms with Gasteiger partial charge in [-0.3, -0.25) is 9.59 Å². The van der Waals surface area contributed by atoms with E-state index in [1.165, 1.54) is 0 Å². The molecular formula is C27H41BN2O4. The lowest BCUT2D eigenvalue weighted by molar-refractivity contribution is -0.141. The fraction of sp³-hybridized carbons (Fsp3) is 0.704. The number of benzene rings is 1. The van der Waals surface area contributed by atoms with Crippen LogP contribution in [0.4, 0.5) is 0 Å². The van der Waals surface area contributed by atoms with Crippen molar-refractivity contribution in [1.82, 2.24) is 9.80 Å². The molecule has 1 aromatic carbocycles. The minimum absolute atomic E-state index is 0.0726. The number of nitrogens with zero attached hydrogens (tertiary/aromatic N) is 2. The summed E-state index contributed by atoms with van der Waals surface area (Å²) in [5.41, 5.74) is 0.802. The number of hydrogen-bond acceptors (Lipinski definition) is 4. The lowest BCUT2D eigenvalue weighted by Crippen LogP contribution is -2.59. The molecule has 1 aromatic rings. The molecule has 7 heteroatoms. The fourth-order valence-corrected chi connectivity index (χ4v) is 6.24. The van der Waals surface area contributed by atoms with Gasteiger partial charge in [0.25, 0.3) is 5.91 Å². The maximum absolute atomic E-state index is 13.6. The van der Waals surface area contributed by atoms with E-state index < -0.39 is 7.12 Å². The van der Waals surface area contributed by atoms with Crippen molar-refractivity contribution >= 4 is 24.4 Å². The summed E-state index contributed by atoms with van der Waals surface area (Å²) >= 11 is 0. The molecule has 1 atom stereocenters. The first-order valence-corrected chi connectivity index (χ1v) is 13.5. The molecule has 0 aromatic heterocycles. The highest BCUT2D eigenvalue weighted by Crippen LogP contribution is 2.46. The molecule has 0 spiro atoms. The lowest BCUT2D eigenvalue weighted by atomic mass is 9.75. The maximum Gasteiger partial charge on any atom is 0.494 e. The Labute approximate surface area is 205 Å². The Morgan fingerprint density at radius 2 is 1.62 bits per heavy atom. The second-order valence-corrected chi connectivity index (χ2v) is 10.2. The molecule has 2 saturated heterocycles. The van der Waals surface area contributed by atoms with Crippen LogP contribution in [0, 0.1) is 0 Å². The first-order valence-electron chi connectivity index (χ1n) is 13.5. The third kappa shape index (κ3) is 4.19. The van der Waals surface area contributed by atoms with Gasteiger partial charge in [0.05, 0.1) is 11.2 Å². The second-order valence-electron chi connectivity index (χ2n) is 10.2. The van der Waals surface area contributed by atoms with Gasteiger partial charge in [0, 0.05) is 24.7 Å². The molecule has 6 nitrogen and oxygen atoms in total. The molecular weight excluding hydrogens is 427 g/mol. The van der Waals surface area contributed by atoms with Crippen molar-refractivity contribution in [1.29, 1.82) is 0 Å². The van der Waals surface area contributed by atoms with Gasteiger partial charge in [0.1, 0.15) is 6.04 Å². The Balaban J connectivity index is 1.57. The summed E-state index contributed by atoms with van der Waals surface area (Å²) in [4.78, 5) is 30.6. The van der Waals surface area contributed by atoms with Crippen molar-refractivity contribution in [3.05, 3.63) is 29.8 Å². The van der Waals surface area contributed by atoms with E-state index in [1.807, 2.05) is 29.2 Å². The van der Waals surface area contributed by atoms with E-state index in [0.717, 1.165) is 50.4 Å². The van der Waals surface area contributed by atoms with E-state index in [-0.39, 0.29) is 29.1 Å². The predicted molar refractivity (Wildman–Crippen MR) is 135 cm³/mol. The lowest BCUT2D eigenvalue weighted by Gasteiger charge is -2.42. The fourth-order valence-electron chi connectivity index (χ4n) is 6.24. The van der Waals surface area contributed by atoms with Crippen LogP contribution in [-0.4, -0.2) is 65.1 Å². The van der Waals surface area contributed by atoms with Gasteiger partial charge in [0.2, 0.25) is 5.91 Å². The molecule has 3 fully saturated rings. The normalized spacial score (nSPS) is 24.1. The first-order chi connectivity index (χ1) is 16.4. The maximum atomic E-state index is 13.6. The summed E-state index contributed by atoms with van der Waals surface area (Å²) in [6, 6.07) is 7.67. The monoisotopic (exact) mass is 468 g/mol. The van der Waals surface area contributed by atoms with Gasteiger partial charge >= 0.3 is 7.12 Å². The van der Waals surface area contributed by atoms with Crippen molar-refractivity contribution in [2.75, 3.05) is 13.1 Å². The molecule has 1 unspecified atom stereocenters. The van der Waals surface area contributed by atoms with Crippen LogP contribution >= 0.6 is 0 Å². The van der Waals surface area contributed by atoms with Gasteiger partial charge in [-0.2, -0.15) is 0 Å². The van der Waals surface area contributed by atoms with E-state index in [1.54, 1.807) is 4.90 Å². The summed E-state index contributed by atoms with van der Waals surface area (Å²) in [5, 5.41) is 0. The molecule has 34 heavy (non-hydrogen) atoms. The molecule has 186 valence electrons. The Morgan fingerprint density at radius 3 is 2.15 bits per heavy atom. The van der Waals surface area contributed by atoms with Crippen molar-refractivity contribution in [3.63, 3.8) is 0 Å². The van der Waals surface area contributed by atoms with Gasteiger partial charge < -0.3 is 19.1 Å². The van der Waals surface area contributed by atoms with Gasteiger partial charge in [0.15, 0.2) is 0 Å². The van der Waals surface area contributed by atoms with E-state index in [9.17, 15) is 9.59 Å². The van der Waals surface area contributed by atoms with Crippen LogP contribution in [-0.2, 0) is 14.1 Å². The largest absolute Gasteiger partial charge is 0.494 e. The summed E-state index contributed by atoms with van der Waals surface area (Å²) < 4.78 is 13.3. The molecule has 0 N–H and O–H groups in total. The minimum atomic E-state index is -0.493. The molecule has 0 radical (unpaired) electrons. The van der Waals surface area contributed by atoms with Gasteiger partial charge in [-0.1, -0.05) is 53.2 Å². The van der Waals surface area contributed by atoms with Crippen molar-refractivity contribution in [2.45, 2.75) is 109 Å². The first kappa shape index (κ1) is 25.2. The zero-order chi connectivity index (χ0) is 24.5. The predicted octanol–water partition coefficient (Wildman–Crippen LogP) is 4.16. The molecule has 0 bridgehead atoms. The number of carbonyl (C=O) groups excluding carboxylic acids is 2. The summed E-state index contributed by atoms with van der Waals surface area (Å²) in [6.07, 6.45) is 7.28. The molecule has 1 aliphatic carbocycles. The van der Waals surface area contributed by atoms with Gasteiger partial charge in [-0.25, -0.2) is 0 Å². The van der Waals surface area contributed by atoms with E-state index >= 15 is 0 Å². The van der Waals surface area contributed by atoms with Crippen LogP contribution in [0.25, 0.3) is 0 Å². The Morgan fingerprint density at radius 1 is 1.00 bits per heavy atom. The average Bonchev–Trinajstić information content (AvgIpc) is 3.65. The van der Waals surface area contributed by atoms with Gasteiger partial charge in [-0.05, 0) is 62.5 Å². The Kier molecular flexibility index (Phi) is 7.44. The van der Waals surface area contributed by atoms with Crippen LogP contribution < -0.4 is 5.46 Å². The van der Waals surface area contributed by atoms with Crippen LogP contribution in [0.1, 0.15) is 96.3 Å². The van der Waals surface area contributed by atoms with Gasteiger partial charge in [-0.15, -0.1) is 0 Å². The Bertz CT molecular complexity index is 874. The van der Waals surface area contributed by atoms with E-state index in [4.69, 9.17) is 9.31 Å². The Hall–Kier alpha value is -1.86. The minimum Gasteiger partial charge on any atom is -0.399 e. The highest BCUT2D eigenvalue weighted by molar-refractivity contribution is 6.62. The number of hydrogen-bond donors (Lipinski definition) is 0. The topological polar surface area (TPSA) is 59.1 Å². The molecule has 2 amide bonds. The van der Waals surface area contributed by atoms with Crippen LogP contribution in [0.3, 0.4) is 0 Å². The molecule has 4 rings (SSSR count). The standard InChI is InChI=1S/C27H41BN2O4/c1-6-12-23-25(32)29(22-15-16-22)17-18-30(23)24(31)20-13-11-14-21(19-20)28-33-26(7-2,8-3)27(9-4,10-5)34-28/h11,13-14,19,22-23H,6-10,12,15-18H2,1-5H3. The van der Waals surface area contributed by atoms with E-state index in [2.05, 4.69) is 34.6 Å². The number of carbonyl (C=O) groups is 2. The second kappa shape index (κ2) is 10.0. The zero-order valence-electron chi connectivity index (χ0n) is 21.6. The van der Waals surface area contributed by atoms with Crippen LogP contribution in [0.2, 0.25) is 0 Å². The average molecular weight is 468 g/mol. The number of rotatable bonds is 9. The molecule has 2 aliphatic heterocycles. The molecule has 1 saturated carbocycles. The third-order valence-corrected chi connectivity index (χ3v) is 8.52. The molecule has 2 heterocycles. The highest BCUT2D eigenvalue weighted by atomic mass is 16.7. The van der Waals surface area contributed by atoms with Crippen molar-refractivity contribution in [3.8, 4) is 0 Å². The van der Waals surface area contributed by atoms with Crippen LogP contribution in [0.5, 0.6) is 0 Å². The van der Waals surface area contributed by atoms with E-state index in [0.29, 0.717) is 31.1 Å². The SMILES string of the molecule is CCCC1C(=O)N(C2CC2)CCN1C(=O)c1cccc(B2OC(CC)(CC)C(CC)(CC)O2)c1. The molecule has 3 aliphatic rings. The number of amides is 2. The van der Waals surface area contributed by atoms with Crippen molar-refractivity contribution < 1.29 is 18.9 Å². The quantitative estimate of drug-likeness (QED) is 0.511. The third-order valence-electron chi connectivity index (χ3n) is 8.52. The van der Waals surface area contributed by atoms with Crippen LogP contribution in [0.15, 0.2) is 24.3 Å². The zero-order valence-corrected chi connectivity index (χ0v) is 21.6. The number of piperazine rings is 1. The summed E-state index contributed by atoms with van der Waals surface area (Å²) in [7, 11) is -0.493. The van der Waals surface area contributed by atoms with Crippen molar-refractivity contribution in [2.24, 2.45) is 0 Å².